The highest BCUT2D eigenvalue weighted by Crippen LogP contribution is 2.26. The molecule has 0 saturated carbocycles. The number of nitrogens with one attached hydrogen (secondary N) is 2. The third-order valence-corrected chi connectivity index (χ3v) is 3.22. The van der Waals surface area contributed by atoms with Gasteiger partial charge in [-0.2, -0.15) is 15.1 Å². The number of aromatic amines is 1. The van der Waals surface area contributed by atoms with Crippen LogP contribution in [0.5, 0.6) is 0 Å². The fraction of sp³-hybridized carbons (Fsp3) is 0.545. The van der Waals surface area contributed by atoms with E-state index in [2.05, 4.69) is 25.5 Å². The maximum absolute atomic E-state index is 9.47. The summed E-state index contributed by atoms with van der Waals surface area (Å²) in [6.07, 6.45) is 1.70. The summed E-state index contributed by atoms with van der Waals surface area (Å²) in [5, 5.41) is 20.1. The molecule has 2 aromatic heterocycles. The molecule has 0 aliphatic carbocycles. The quantitative estimate of drug-likeness (QED) is 0.693. The van der Waals surface area contributed by atoms with Crippen molar-refractivity contribution >= 4 is 22.8 Å². The van der Waals surface area contributed by atoms with Crippen LogP contribution in [-0.4, -0.2) is 64.7 Å². The zero-order chi connectivity index (χ0) is 13.2. The molecule has 1 aliphatic heterocycles. The van der Waals surface area contributed by atoms with Gasteiger partial charge in [0.1, 0.15) is 5.82 Å². The summed E-state index contributed by atoms with van der Waals surface area (Å²) in [6, 6.07) is -0.0912. The molecule has 3 heterocycles. The van der Waals surface area contributed by atoms with Crippen molar-refractivity contribution in [1.82, 2.24) is 20.2 Å². The van der Waals surface area contributed by atoms with Gasteiger partial charge in [-0.1, -0.05) is 0 Å². The van der Waals surface area contributed by atoms with E-state index in [1.165, 1.54) is 0 Å². The van der Waals surface area contributed by atoms with Crippen LogP contribution in [0.25, 0.3) is 11.0 Å². The third kappa shape index (κ3) is 2.08. The molecule has 8 heteroatoms. The van der Waals surface area contributed by atoms with E-state index in [0.29, 0.717) is 31.4 Å². The van der Waals surface area contributed by atoms with Gasteiger partial charge in [-0.15, -0.1) is 0 Å². The molecule has 1 saturated heterocycles. The minimum absolute atomic E-state index is 0.0260. The van der Waals surface area contributed by atoms with E-state index >= 15 is 0 Å². The molecule has 3 rings (SSSR count). The summed E-state index contributed by atoms with van der Waals surface area (Å²) in [4.78, 5) is 10.8. The lowest BCUT2D eigenvalue weighted by atomic mass is 10.2. The first kappa shape index (κ1) is 12.1. The molecule has 0 amide bonds. The van der Waals surface area contributed by atoms with Gasteiger partial charge in [0.2, 0.25) is 5.95 Å². The smallest absolute Gasteiger partial charge is 0.226 e. The summed E-state index contributed by atoms with van der Waals surface area (Å²) in [6.45, 7) is 1.83. The number of aromatic nitrogens is 4. The second kappa shape index (κ2) is 4.98. The van der Waals surface area contributed by atoms with Crippen molar-refractivity contribution in [2.75, 3.05) is 43.6 Å². The topological polar surface area (TPSA) is 99.2 Å². The van der Waals surface area contributed by atoms with E-state index in [4.69, 9.17) is 4.74 Å². The number of anilines is 2. The second-order valence-corrected chi connectivity index (χ2v) is 4.36. The fourth-order valence-corrected chi connectivity index (χ4v) is 2.24. The Morgan fingerprint density at radius 3 is 3.26 bits per heavy atom. The average Bonchev–Trinajstić information content (AvgIpc) is 2.94. The van der Waals surface area contributed by atoms with Crippen molar-refractivity contribution in [1.29, 1.82) is 0 Å². The number of rotatable bonds is 3. The molecule has 19 heavy (non-hydrogen) atoms. The largest absolute Gasteiger partial charge is 0.394 e. The molecule has 0 radical (unpaired) electrons. The molecule has 1 aliphatic rings. The molecular formula is C11H16N6O2. The number of morpholine rings is 1. The van der Waals surface area contributed by atoms with Gasteiger partial charge in [0.05, 0.1) is 37.4 Å². The predicted molar refractivity (Wildman–Crippen MR) is 70.3 cm³/mol. The van der Waals surface area contributed by atoms with E-state index < -0.39 is 0 Å². The number of hydrogen-bond acceptors (Lipinski definition) is 7. The van der Waals surface area contributed by atoms with Crippen LogP contribution in [0, 0.1) is 0 Å². The Balaban J connectivity index is 2.08. The third-order valence-electron chi connectivity index (χ3n) is 3.22. The van der Waals surface area contributed by atoms with Crippen LogP contribution < -0.4 is 10.2 Å². The van der Waals surface area contributed by atoms with Gasteiger partial charge in [0, 0.05) is 13.6 Å². The minimum atomic E-state index is -0.0912. The van der Waals surface area contributed by atoms with E-state index in [9.17, 15) is 5.11 Å². The predicted octanol–water partition coefficient (Wildman–Crippen LogP) is -0.408. The number of fused-ring (bicyclic) bond motifs is 1. The van der Waals surface area contributed by atoms with Crippen LogP contribution in [0.2, 0.25) is 0 Å². The number of ether oxygens (including phenoxy) is 1. The number of nitrogens with zero attached hydrogens (tertiary/aromatic N) is 4. The van der Waals surface area contributed by atoms with Gasteiger partial charge in [0.15, 0.2) is 5.65 Å². The van der Waals surface area contributed by atoms with Crippen molar-refractivity contribution in [3.63, 3.8) is 0 Å². The summed E-state index contributed by atoms with van der Waals surface area (Å²) >= 11 is 0. The van der Waals surface area contributed by atoms with Crippen molar-refractivity contribution in [2.24, 2.45) is 0 Å². The van der Waals surface area contributed by atoms with Crippen molar-refractivity contribution < 1.29 is 9.84 Å². The van der Waals surface area contributed by atoms with Crippen molar-refractivity contribution in [2.45, 2.75) is 6.04 Å². The first-order valence-electron chi connectivity index (χ1n) is 6.17. The van der Waals surface area contributed by atoms with Crippen LogP contribution in [0.4, 0.5) is 11.8 Å². The minimum Gasteiger partial charge on any atom is -0.394 e. The van der Waals surface area contributed by atoms with Gasteiger partial charge >= 0.3 is 0 Å². The SMILES string of the molecule is CNc1nc(N2CCOCC2CO)c2cn[nH]c2n1. The van der Waals surface area contributed by atoms with E-state index in [-0.39, 0.29) is 12.6 Å². The highest BCUT2D eigenvalue weighted by molar-refractivity contribution is 5.87. The summed E-state index contributed by atoms with van der Waals surface area (Å²) in [5.74, 6) is 1.29. The lowest BCUT2D eigenvalue weighted by molar-refractivity contribution is 0.0724. The first-order valence-corrected chi connectivity index (χ1v) is 6.17. The van der Waals surface area contributed by atoms with Crippen LogP contribution in [-0.2, 0) is 4.74 Å². The highest BCUT2D eigenvalue weighted by atomic mass is 16.5. The molecule has 102 valence electrons. The molecule has 1 fully saturated rings. The van der Waals surface area contributed by atoms with Crippen molar-refractivity contribution in [3.8, 4) is 0 Å². The first-order chi connectivity index (χ1) is 9.33. The van der Waals surface area contributed by atoms with Gasteiger partial charge < -0.3 is 20.1 Å². The Morgan fingerprint density at radius 1 is 1.58 bits per heavy atom. The van der Waals surface area contributed by atoms with Crippen molar-refractivity contribution in [3.05, 3.63) is 6.20 Å². The van der Waals surface area contributed by atoms with E-state index in [1.807, 2.05) is 4.90 Å². The van der Waals surface area contributed by atoms with E-state index in [1.54, 1.807) is 13.2 Å². The van der Waals surface area contributed by atoms with Crippen LogP contribution >= 0.6 is 0 Å². The van der Waals surface area contributed by atoms with E-state index in [0.717, 1.165) is 11.2 Å². The highest BCUT2D eigenvalue weighted by Gasteiger charge is 2.26. The molecule has 1 atom stereocenters. The molecule has 8 nitrogen and oxygen atoms in total. The lowest BCUT2D eigenvalue weighted by Gasteiger charge is -2.35. The Hall–Kier alpha value is -1.93. The Kier molecular flexibility index (Phi) is 3.18. The number of hydrogen-bond donors (Lipinski definition) is 3. The lowest BCUT2D eigenvalue weighted by Crippen LogP contribution is -2.48. The maximum Gasteiger partial charge on any atom is 0.226 e. The molecule has 2 aromatic rings. The normalized spacial score (nSPS) is 19.9. The summed E-state index contributed by atoms with van der Waals surface area (Å²) in [7, 11) is 1.77. The van der Waals surface area contributed by atoms with Gasteiger partial charge in [-0.25, -0.2) is 0 Å². The second-order valence-electron chi connectivity index (χ2n) is 4.36. The van der Waals surface area contributed by atoms with Crippen LogP contribution in [0.3, 0.4) is 0 Å². The number of aliphatic hydroxyl groups is 1. The summed E-state index contributed by atoms with van der Waals surface area (Å²) < 4.78 is 5.39. The standard InChI is InChI=1S/C11H16N6O2/c1-12-11-14-9-8(4-13-16-9)10(15-11)17-2-3-19-6-7(17)5-18/h4,7,18H,2-3,5-6H2,1H3,(H2,12,13,14,15,16). The molecule has 1 unspecified atom stereocenters. The number of aliphatic hydroxyl groups excluding tert-OH is 1. The molecule has 3 N–H and O–H groups in total. The van der Waals surface area contributed by atoms with Gasteiger partial charge in [-0.3, -0.25) is 5.10 Å². The Bertz CT molecular complexity index is 571. The van der Waals surface area contributed by atoms with Crippen LogP contribution in [0.1, 0.15) is 0 Å². The maximum atomic E-state index is 9.47. The molecular weight excluding hydrogens is 248 g/mol. The van der Waals surface area contributed by atoms with Gasteiger partial charge in [-0.05, 0) is 0 Å². The zero-order valence-corrected chi connectivity index (χ0v) is 10.6. The Labute approximate surface area is 109 Å². The van der Waals surface area contributed by atoms with Crippen LogP contribution in [0.15, 0.2) is 6.20 Å². The number of H-pyrrole nitrogens is 1. The Morgan fingerprint density at radius 2 is 2.47 bits per heavy atom. The zero-order valence-electron chi connectivity index (χ0n) is 10.6. The molecule has 0 bridgehead atoms. The monoisotopic (exact) mass is 264 g/mol. The summed E-state index contributed by atoms with van der Waals surface area (Å²) in [5.41, 5.74) is 0.678. The molecule has 0 aromatic carbocycles. The van der Waals surface area contributed by atoms with Gasteiger partial charge in [0.25, 0.3) is 0 Å². The molecule has 0 spiro atoms. The average molecular weight is 264 g/mol. The fourth-order valence-electron chi connectivity index (χ4n) is 2.24.